The minimum absolute atomic E-state index is 0.143. The van der Waals surface area contributed by atoms with Crippen LogP contribution in [0.2, 0.25) is 0 Å². The normalized spacial score (nSPS) is 22.8. The predicted molar refractivity (Wildman–Crippen MR) is 115 cm³/mol. The maximum Gasteiger partial charge on any atom is 0.240 e. The van der Waals surface area contributed by atoms with Gasteiger partial charge in [0.15, 0.2) is 5.16 Å². The highest BCUT2D eigenvalue weighted by molar-refractivity contribution is 7.99. The van der Waals surface area contributed by atoms with Crippen LogP contribution >= 0.6 is 11.8 Å². The van der Waals surface area contributed by atoms with Crippen LogP contribution in [0.25, 0.3) is 11.0 Å². The summed E-state index contributed by atoms with van der Waals surface area (Å²) >= 11 is 1.73. The molecular formula is C22H26N4O3S. The van der Waals surface area contributed by atoms with Crippen molar-refractivity contribution in [3.63, 3.8) is 0 Å². The number of rotatable bonds is 5. The van der Waals surface area contributed by atoms with Crippen molar-refractivity contribution in [2.45, 2.75) is 36.3 Å². The molecule has 30 heavy (non-hydrogen) atoms. The number of morpholine rings is 1. The van der Waals surface area contributed by atoms with Crippen LogP contribution in [0, 0.1) is 6.92 Å². The third kappa shape index (κ3) is 4.12. The van der Waals surface area contributed by atoms with Crippen molar-refractivity contribution in [1.82, 2.24) is 19.8 Å². The molecular weight excluding hydrogens is 400 g/mol. The summed E-state index contributed by atoms with van der Waals surface area (Å²) in [6.07, 6.45) is 0.803. The van der Waals surface area contributed by atoms with Crippen molar-refractivity contribution >= 4 is 28.7 Å². The molecule has 2 aliphatic rings. The van der Waals surface area contributed by atoms with Gasteiger partial charge in [-0.25, -0.2) is 4.98 Å². The molecule has 1 aromatic carbocycles. The number of hydrogen-bond acceptors (Lipinski definition) is 6. The van der Waals surface area contributed by atoms with E-state index < -0.39 is 0 Å². The number of nitrogens with one attached hydrogen (secondary N) is 1. The first kappa shape index (κ1) is 19.7. The van der Waals surface area contributed by atoms with E-state index in [0.717, 1.165) is 40.7 Å². The second kappa shape index (κ2) is 8.45. The van der Waals surface area contributed by atoms with Gasteiger partial charge >= 0.3 is 0 Å². The topological polar surface area (TPSA) is 74.6 Å². The van der Waals surface area contributed by atoms with Gasteiger partial charge in [0.05, 0.1) is 36.8 Å². The van der Waals surface area contributed by atoms with Crippen molar-refractivity contribution in [3.05, 3.63) is 47.9 Å². The van der Waals surface area contributed by atoms with Crippen LogP contribution in [0.5, 0.6) is 0 Å². The van der Waals surface area contributed by atoms with Gasteiger partial charge in [0.25, 0.3) is 0 Å². The van der Waals surface area contributed by atoms with Gasteiger partial charge in [-0.2, -0.15) is 0 Å². The van der Waals surface area contributed by atoms with Gasteiger partial charge in [-0.1, -0.05) is 23.9 Å². The Bertz CT molecular complexity index is 993. The van der Waals surface area contributed by atoms with E-state index in [1.165, 1.54) is 0 Å². The second-order valence-electron chi connectivity index (χ2n) is 7.93. The van der Waals surface area contributed by atoms with Gasteiger partial charge in [-0.15, -0.1) is 0 Å². The molecule has 158 valence electrons. The Morgan fingerprint density at radius 2 is 2.07 bits per heavy atom. The van der Waals surface area contributed by atoms with Crippen molar-refractivity contribution in [3.8, 4) is 0 Å². The van der Waals surface area contributed by atoms with Gasteiger partial charge in [0.2, 0.25) is 5.91 Å². The van der Waals surface area contributed by atoms with Crippen LogP contribution in [-0.2, 0) is 16.1 Å². The molecule has 0 unspecified atom stereocenters. The van der Waals surface area contributed by atoms with Gasteiger partial charge in [0, 0.05) is 24.9 Å². The van der Waals surface area contributed by atoms with Crippen molar-refractivity contribution < 1.29 is 13.9 Å². The summed E-state index contributed by atoms with van der Waals surface area (Å²) in [4.78, 5) is 25.6. The molecule has 2 atom stereocenters. The molecule has 4 heterocycles. The number of thioether (sulfide) groups is 1. The summed E-state index contributed by atoms with van der Waals surface area (Å²) in [5.41, 5.74) is 2.02. The number of imidazole rings is 1. The highest BCUT2D eigenvalue weighted by Crippen LogP contribution is 2.34. The zero-order valence-corrected chi connectivity index (χ0v) is 17.9. The molecule has 1 amide bonds. The van der Waals surface area contributed by atoms with Gasteiger partial charge < -0.3 is 19.0 Å². The number of aromatic nitrogens is 2. The quantitative estimate of drug-likeness (QED) is 0.676. The molecule has 5 rings (SSSR count). The summed E-state index contributed by atoms with van der Waals surface area (Å²) in [7, 11) is 0. The molecule has 2 saturated heterocycles. The first-order valence-corrected chi connectivity index (χ1v) is 11.3. The predicted octanol–water partition coefficient (Wildman–Crippen LogP) is 3.06. The van der Waals surface area contributed by atoms with E-state index in [4.69, 9.17) is 14.1 Å². The lowest BCUT2D eigenvalue weighted by molar-refractivity contribution is -0.140. The van der Waals surface area contributed by atoms with Crippen molar-refractivity contribution in [2.24, 2.45) is 0 Å². The minimum atomic E-state index is -0.143. The molecule has 1 N–H and O–H groups in total. The Kier molecular flexibility index (Phi) is 5.54. The van der Waals surface area contributed by atoms with E-state index in [1.807, 2.05) is 48.2 Å². The van der Waals surface area contributed by atoms with E-state index in [0.29, 0.717) is 32.8 Å². The Morgan fingerprint density at radius 3 is 2.83 bits per heavy atom. The first-order valence-electron chi connectivity index (χ1n) is 10.4. The summed E-state index contributed by atoms with van der Waals surface area (Å²) in [6, 6.07) is 11.9. The molecule has 2 aromatic heterocycles. The highest BCUT2D eigenvalue weighted by Gasteiger charge is 2.40. The summed E-state index contributed by atoms with van der Waals surface area (Å²) < 4.78 is 11.2. The molecule has 0 spiro atoms. The number of H-pyrrole nitrogens is 1. The second-order valence-corrected chi connectivity index (χ2v) is 9.22. The van der Waals surface area contributed by atoms with E-state index in [-0.39, 0.29) is 17.2 Å². The first-order chi connectivity index (χ1) is 14.7. The van der Waals surface area contributed by atoms with Crippen molar-refractivity contribution in [2.75, 3.05) is 32.8 Å². The number of hydrogen-bond donors (Lipinski definition) is 1. The molecule has 3 aromatic rings. The number of ether oxygens (including phenoxy) is 1. The van der Waals surface area contributed by atoms with Crippen LogP contribution < -0.4 is 0 Å². The fourth-order valence-corrected chi connectivity index (χ4v) is 5.47. The number of aryl methyl sites for hydroxylation is 1. The number of para-hydroxylation sites is 2. The average Bonchev–Trinajstić information content (AvgIpc) is 3.46. The summed E-state index contributed by atoms with van der Waals surface area (Å²) in [5, 5.41) is 1.20. The smallest absolute Gasteiger partial charge is 0.240 e. The highest BCUT2D eigenvalue weighted by atomic mass is 32.2. The average molecular weight is 427 g/mol. The maximum atomic E-state index is 13.3. The monoisotopic (exact) mass is 426 g/mol. The molecule has 0 bridgehead atoms. The SMILES string of the molecule is Cc1ccc(CN2C[C@H](Sc3nc4ccccc4[nH]3)C[C@H]2C(=O)N2CCOCC2)o1. The van der Waals surface area contributed by atoms with E-state index in [2.05, 4.69) is 9.88 Å². The number of benzene rings is 1. The van der Waals surface area contributed by atoms with Crippen LogP contribution in [0.15, 0.2) is 46.0 Å². The number of carbonyl (C=O) groups excluding carboxylic acids is 1. The van der Waals surface area contributed by atoms with E-state index in [9.17, 15) is 4.79 Å². The van der Waals surface area contributed by atoms with Crippen LogP contribution in [0.3, 0.4) is 0 Å². The number of amides is 1. The molecule has 7 nitrogen and oxygen atoms in total. The fourth-order valence-electron chi connectivity index (χ4n) is 4.29. The zero-order valence-electron chi connectivity index (χ0n) is 17.0. The molecule has 0 saturated carbocycles. The largest absolute Gasteiger partial charge is 0.465 e. The lowest BCUT2D eigenvalue weighted by Crippen LogP contribution is -2.49. The zero-order chi connectivity index (χ0) is 20.5. The minimum Gasteiger partial charge on any atom is -0.465 e. The Morgan fingerprint density at radius 1 is 1.23 bits per heavy atom. The third-order valence-corrected chi connectivity index (χ3v) is 6.87. The van der Waals surface area contributed by atoms with E-state index >= 15 is 0 Å². The van der Waals surface area contributed by atoms with Gasteiger partial charge in [-0.3, -0.25) is 9.69 Å². The van der Waals surface area contributed by atoms with Crippen LogP contribution in [-0.4, -0.2) is 69.8 Å². The molecule has 2 aliphatic heterocycles. The third-order valence-electron chi connectivity index (χ3n) is 5.77. The lowest BCUT2D eigenvalue weighted by atomic mass is 10.1. The Hall–Kier alpha value is -2.29. The number of fused-ring (bicyclic) bond motifs is 1. The van der Waals surface area contributed by atoms with Crippen LogP contribution in [0.4, 0.5) is 0 Å². The van der Waals surface area contributed by atoms with E-state index in [1.54, 1.807) is 11.8 Å². The summed E-state index contributed by atoms with van der Waals surface area (Å²) in [5.74, 6) is 2.00. The number of furan rings is 1. The number of carbonyl (C=O) groups is 1. The number of nitrogens with zero attached hydrogens (tertiary/aromatic N) is 3. The lowest BCUT2D eigenvalue weighted by Gasteiger charge is -2.32. The Labute approximate surface area is 179 Å². The molecule has 0 aliphatic carbocycles. The molecule has 0 radical (unpaired) electrons. The fraction of sp³-hybridized carbons (Fsp3) is 0.455. The maximum absolute atomic E-state index is 13.3. The summed E-state index contributed by atoms with van der Waals surface area (Å²) in [6.45, 7) is 5.99. The molecule has 2 fully saturated rings. The molecule has 8 heteroatoms. The van der Waals surface area contributed by atoms with Gasteiger partial charge in [-0.05, 0) is 37.6 Å². The van der Waals surface area contributed by atoms with Crippen LogP contribution in [0.1, 0.15) is 17.9 Å². The number of likely N-dealkylation sites (tertiary alicyclic amines) is 1. The standard InChI is InChI=1S/C22H26N4O3S/c1-15-6-7-16(29-15)13-26-14-17(12-20(26)21(27)25-8-10-28-11-9-25)30-22-23-18-4-2-3-5-19(18)24-22/h2-7,17,20H,8-14H2,1H3,(H,23,24)/t17-,20+/m1/s1. The Balaban J connectivity index is 1.33. The van der Waals surface area contributed by atoms with Gasteiger partial charge in [0.1, 0.15) is 11.5 Å². The number of aromatic amines is 1. The van der Waals surface area contributed by atoms with Crippen molar-refractivity contribution in [1.29, 1.82) is 0 Å².